The van der Waals surface area contributed by atoms with E-state index in [9.17, 15) is 0 Å². The van der Waals surface area contributed by atoms with E-state index in [1.807, 2.05) is 7.11 Å². The van der Waals surface area contributed by atoms with Gasteiger partial charge in [-0.1, -0.05) is 18.2 Å². The summed E-state index contributed by atoms with van der Waals surface area (Å²) in [4.78, 5) is 2.47. The average molecular weight is 391 g/mol. The number of ether oxygens (including phenoxy) is 1. The molecule has 2 aromatic heterocycles. The molecule has 3 aromatic rings. The van der Waals surface area contributed by atoms with Crippen molar-refractivity contribution in [3.63, 3.8) is 0 Å². The number of methoxy groups -OCH3 is 1. The van der Waals surface area contributed by atoms with Gasteiger partial charge in [-0.2, -0.15) is 5.10 Å². The van der Waals surface area contributed by atoms with Gasteiger partial charge in [-0.05, 0) is 61.9 Å². The number of hydrogen-bond acceptors (Lipinski definition) is 3. The smallest absolute Gasteiger partial charge is 0.151 e. The molecule has 0 bridgehead atoms. The first-order valence-corrected chi connectivity index (χ1v) is 10.5. The minimum atomic E-state index is 0.0550. The molecule has 0 radical (unpaired) electrons. The van der Waals surface area contributed by atoms with E-state index < -0.39 is 0 Å². The molecule has 2 fully saturated rings. The molecule has 2 aliphatic rings. The van der Waals surface area contributed by atoms with Crippen LogP contribution in [-0.2, 0) is 11.8 Å². The summed E-state index contributed by atoms with van der Waals surface area (Å²) in [5, 5.41) is 4.82. The fraction of sp³-hybridized carbons (Fsp3) is 0.458. The van der Waals surface area contributed by atoms with Crippen LogP contribution in [-0.4, -0.2) is 39.4 Å². The van der Waals surface area contributed by atoms with Crippen LogP contribution in [0.15, 0.2) is 48.7 Å². The summed E-state index contributed by atoms with van der Waals surface area (Å²) in [6.07, 6.45) is 4.62. The van der Waals surface area contributed by atoms with Gasteiger partial charge in [0, 0.05) is 45.1 Å². The first-order chi connectivity index (χ1) is 14.0. The van der Waals surface area contributed by atoms with Crippen LogP contribution in [0.25, 0.3) is 5.69 Å². The zero-order valence-electron chi connectivity index (χ0n) is 17.8. The number of para-hydroxylation sites is 1. The zero-order valence-corrected chi connectivity index (χ0v) is 17.8. The van der Waals surface area contributed by atoms with Gasteiger partial charge in [0.05, 0.1) is 17.1 Å². The number of hydrogen-bond donors (Lipinski definition) is 0. The first kappa shape index (κ1) is 18.6. The van der Waals surface area contributed by atoms with E-state index in [0.29, 0.717) is 11.3 Å². The van der Waals surface area contributed by atoms with Crippen molar-refractivity contribution in [2.75, 3.05) is 20.2 Å². The van der Waals surface area contributed by atoms with Crippen LogP contribution in [0.2, 0.25) is 0 Å². The quantitative estimate of drug-likeness (QED) is 0.650. The fourth-order valence-corrected chi connectivity index (χ4v) is 5.43. The molecule has 1 aromatic carbocycles. The number of nitrogens with zero attached hydrogens (tertiary/aromatic N) is 4. The van der Waals surface area contributed by atoms with Gasteiger partial charge in [0.2, 0.25) is 0 Å². The van der Waals surface area contributed by atoms with Crippen LogP contribution < -0.4 is 0 Å². The lowest BCUT2D eigenvalue weighted by Gasteiger charge is -2.60. The van der Waals surface area contributed by atoms with Gasteiger partial charge in [-0.25, -0.2) is 4.68 Å². The molecule has 1 atom stereocenters. The SMILES string of the molecule is COC(c1cccn1C)N1CC2(CC(c3cc(C)nn3-c3ccccc3C)C2)C1. The maximum Gasteiger partial charge on any atom is 0.151 e. The third-order valence-electron chi connectivity index (χ3n) is 6.85. The van der Waals surface area contributed by atoms with E-state index in [4.69, 9.17) is 9.84 Å². The Kier molecular flexibility index (Phi) is 4.41. The van der Waals surface area contributed by atoms with Crippen LogP contribution in [0, 0.1) is 19.3 Å². The summed E-state index contributed by atoms with van der Waals surface area (Å²) in [5.74, 6) is 0.592. The summed E-state index contributed by atoms with van der Waals surface area (Å²) in [7, 11) is 3.90. The van der Waals surface area contributed by atoms with Gasteiger partial charge in [0.25, 0.3) is 0 Å². The Hall–Kier alpha value is -2.37. The molecule has 5 nitrogen and oxygen atoms in total. The standard InChI is InChI=1S/C24H30N4O/c1-17-8-5-6-9-20(17)28-22(12-18(2)25-28)19-13-24(14-19)15-27(16-24)23(29-4)21-10-7-11-26(21)3/h5-12,19,23H,13-16H2,1-4H3. The van der Waals surface area contributed by atoms with E-state index in [-0.39, 0.29) is 6.23 Å². The zero-order chi connectivity index (χ0) is 20.2. The highest BCUT2D eigenvalue weighted by Gasteiger charge is 2.55. The Morgan fingerprint density at radius 1 is 1.10 bits per heavy atom. The predicted molar refractivity (Wildman–Crippen MR) is 114 cm³/mol. The minimum Gasteiger partial charge on any atom is -0.361 e. The van der Waals surface area contributed by atoms with Gasteiger partial charge >= 0.3 is 0 Å². The summed E-state index contributed by atoms with van der Waals surface area (Å²) in [6, 6.07) is 15.1. The van der Waals surface area contributed by atoms with Crippen molar-refractivity contribution in [3.05, 3.63) is 71.3 Å². The molecule has 1 saturated heterocycles. The van der Waals surface area contributed by atoms with Crippen molar-refractivity contribution >= 4 is 0 Å². The molecular formula is C24H30N4O. The lowest BCUT2D eigenvalue weighted by atomic mass is 9.56. The third kappa shape index (κ3) is 3.04. The van der Waals surface area contributed by atoms with Crippen molar-refractivity contribution < 1.29 is 4.74 Å². The molecular weight excluding hydrogens is 360 g/mol. The molecule has 1 saturated carbocycles. The van der Waals surface area contributed by atoms with Gasteiger partial charge in [0.15, 0.2) is 6.23 Å². The van der Waals surface area contributed by atoms with Gasteiger partial charge in [0.1, 0.15) is 0 Å². The summed E-state index contributed by atoms with van der Waals surface area (Å²) >= 11 is 0. The Morgan fingerprint density at radius 2 is 1.86 bits per heavy atom. The van der Waals surface area contributed by atoms with Crippen LogP contribution in [0.4, 0.5) is 0 Å². The normalized spacial score (nSPS) is 19.9. The second-order valence-electron chi connectivity index (χ2n) is 9.05. The van der Waals surface area contributed by atoms with Gasteiger partial charge in [-0.15, -0.1) is 0 Å². The van der Waals surface area contributed by atoms with Crippen molar-refractivity contribution in [1.82, 2.24) is 19.2 Å². The number of benzene rings is 1. The second-order valence-corrected chi connectivity index (χ2v) is 9.05. The number of aryl methyl sites for hydroxylation is 3. The van der Waals surface area contributed by atoms with Crippen LogP contribution in [0.1, 0.15) is 47.6 Å². The van der Waals surface area contributed by atoms with Crippen LogP contribution >= 0.6 is 0 Å². The van der Waals surface area contributed by atoms with E-state index in [1.54, 1.807) is 0 Å². The van der Waals surface area contributed by atoms with E-state index in [2.05, 4.69) is 83.7 Å². The maximum atomic E-state index is 5.84. The molecule has 152 valence electrons. The lowest BCUT2D eigenvalue weighted by molar-refractivity contribution is -0.165. The fourth-order valence-electron chi connectivity index (χ4n) is 5.43. The highest BCUT2D eigenvalue weighted by molar-refractivity contribution is 5.42. The number of likely N-dealkylation sites (tertiary alicyclic amines) is 1. The van der Waals surface area contributed by atoms with Crippen molar-refractivity contribution in [2.45, 2.75) is 38.8 Å². The monoisotopic (exact) mass is 390 g/mol. The first-order valence-electron chi connectivity index (χ1n) is 10.5. The van der Waals surface area contributed by atoms with E-state index >= 15 is 0 Å². The van der Waals surface area contributed by atoms with Crippen molar-refractivity contribution in [2.24, 2.45) is 12.5 Å². The molecule has 3 heterocycles. The Morgan fingerprint density at radius 3 is 2.52 bits per heavy atom. The maximum absolute atomic E-state index is 5.84. The predicted octanol–water partition coefficient (Wildman–Crippen LogP) is 4.35. The summed E-state index contributed by atoms with van der Waals surface area (Å²) < 4.78 is 10.2. The molecule has 0 N–H and O–H groups in total. The number of aromatic nitrogens is 3. The topological polar surface area (TPSA) is 35.2 Å². The van der Waals surface area contributed by atoms with Crippen LogP contribution in [0.3, 0.4) is 0 Å². The summed E-state index contributed by atoms with van der Waals surface area (Å²) in [5.41, 5.74) is 6.61. The highest BCUT2D eigenvalue weighted by atomic mass is 16.5. The molecule has 5 heteroatoms. The molecule has 1 spiro atoms. The van der Waals surface area contributed by atoms with Crippen LogP contribution in [0.5, 0.6) is 0 Å². The second kappa shape index (κ2) is 6.85. The Balaban J connectivity index is 1.29. The highest BCUT2D eigenvalue weighted by Crippen LogP contribution is 2.57. The largest absolute Gasteiger partial charge is 0.361 e. The van der Waals surface area contributed by atoms with Crippen molar-refractivity contribution in [1.29, 1.82) is 0 Å². The van der Waals surface area contributed by atoms with Gasteiger partial charge < -0.3 is 9.30 Å². The molecule has 29 heavy (non-hydrogen) atoms. The average Bonchev–Trinajstić information content (AvgIpc) is 3.22. The molecule has 0 amide bonds. The molecule has 5 rings (SSSR count). The van der Waals surface area contributed by atoms with E-state index in [0.717, 1.165) is 18.8 Å². The Bertz CT molecular complexity index is 1020. The molecule has 1 aliphatic heterocycles. The van der Waals surface area contributed by atoms with E-state index in [1.165, 1.54) is 35.5 Å². The molecule has 1 unspecified atom stereocenters. The minimum absolute atomic E-state index is 0.0550. The molecule has 1 aliphatic carbocycles. The van der Waals surface area contributed by atoms with Crippen molar-refractivity contribution in [3.8, 4) is 5.69 Å². The summed E-state index contributed by atoms with van der Waals surface area (Å²) in [6.45, 7) is 6.49. The third-order valence-corrected chi connectivity index (χ3v) is 6.85. The van der Waals surface area contributed by atoms with Gasteiger partial charge in [-0.3, -0.25) is 4.90 Å². The Labute approximate surface area is 172 Å². The lowest BCUT2D eigenvalue weighted by Crippen LogP contribution is -2.62. The number of rotatable bonds is 5.